The van der Waals surface area contributed by atoms with Crippen molar-refractivity contribution in [2.45, 2.75) is 32.0 Å². The van der Waals surface area contributed by atoms with Crippen molar-refractivity contribution in [3.05, 3.63) is 41.1 Å². The minimum absolute atomic E-state index is 0. The van der Waals surface area contributed by atoms with Crippen molar-refractivity contribution in [3.8, 4) is 0 Å². The number of fused-ring (bicyclic) bond motifs is 1. The Kier molecular flexibility index (Phi) is 6.05. The van der Waals surface area contributed by atoms with Gasteiger partial charge >= 0.3 is 29.6 Å². The third kappa shape index (κ3) is 3.37. The van der Waals surface area contributed by atoms with E-state index in [0.717, 1.165) is 5.56 Å². The van der Waals surface area contributed by atoms with E-state index in [4.69, 9.17) is 0 Å². The van der Waals surface area contributed by atoms with Crippen molar-refractivity contribution in [1.29, 1.82) is 0 Å². The van der Waals surface area contributed by atoms with E-state index in [2.05, 4.69) is 5.32 Å². The zero-order chi connectivity index (χ0) is 17.4. The van der Waals surface area contributed by atoms with Crippen LogP contribution in [0.2, 0.25) is 0 Å². The second-order valence-corrected chi connectivity index (χ2v) is 6.06. The average molecular weight is 352 g/mol. The van der Waals surface area contributed by atoms with Crippen LogP contribution in [0.15, 0.2) is 30.0 Å². The first kappa shape index (κ1) is 19.7. The summed E-state index contributed by atoms with van der Waals surface area (Å²) in [5.41, 5.74) is 1.99. The minimum atomic E-state index is -1.39. The molecule has 126 valence electrons. The number of hydrogen-bond donors (Lipinski definition) is 2. The predicted octanol–water partition coefficient (Wildman–Crippen LogP) is -3.99. The fourth-order valence-corrected chi connectivity index (χ4v) is 3.50. The van der Waals surface area contributed by atoms with E-state index in [0.29, 0.717) is 30.5 Å². The zero-order valence-electron chi connectivity index (χ0n) is 14.1. The fraction of sp³-hybridized carbons (Fsp3) is 0.353. The summed E-state index contributed by atoms with van der Waals surface area (Å²) in [7, 11) is 0. The normalized spacial score (nSPS) is 22.6. The number of nitrogens with zero attached hydrogens (tertiary/aromatic N) is 1. The minimum Gasteiger partial charge on any atom is -0.543 e. The number of aliphatic hydroxyl groups excluding tert-OH is 1. The maximum Gasteiger partial charge on any atom is 1.00 e. The average Bonchev–Trinajstić information content (AvgIpc) is 2.88. The molecule has 0 saturated carbocycles. The van der Waals surface area contributed by atoms with Gasteiger partial charge in [-0.15, -0.1) is 0 Å². The molecule has 0 spiro atoms. The van der Waals surface area contributed by atoms with Gasteiger partial charge in [0.05, 0.1) is 29.7 Å². The molecule has 7 nitrogen and oxygen atoms in total. The van der Waals surface area contributed by atoms with Gasteiger partial charge in [-0.2, -0.15) is 0 Å². The van der Waals surface area contributed by atoms with Gasteiger partial charge in [-0.05, 0) is 30.0 Å². The molecule has 0 unspecified atom stereocenters. The monoisotopic (exact) mass is 352 g/mol. The molecule has 2 amide bonds. The Labute approximate surface area is 167 Å². The van der Waals surface area contributed by atoms with Crippen LogP contribution in [0.3, 0.4) is 0 Å². The number of carboxylic acids is 1. The number of aliphatic carboxylic acids is 1. The van der Waals surface area contributed by atoms with Crippen molar-refractivity contribution < 1.29 is 54.2 Å². The second kappa shape index (κ2) is 7.70. The van der Waals surface area contributed by atoms with Crippen LogP contribution in [0, 0.1) is 5.92 Å². The van der Waals surface area contributed by atoms with E-state index < -0.39 is 18.0 Å². The second-order valence-electron chi connectivity index (χ2n) is 6.06. The molecular weight excluding hydrogens is 335 g/mol. The summed E-state index contributed by atoms with van der Waals surface area (Å²) < 4.78 is 0. The quantitative estimate of drug-likeness (QED) is 0.308. The third-order valence-electron chi connectivity index (χ3n) is 4.61. The Morgan fingerprint density at radius 2 is 2.08 bits per heavy atom. The van der Waals surface area contributed by atoms with Crippen LogP contribution >= 0.6 is 0 Å². The first-order valence-electron chi connectivity index (χ1n) is 7.67. The van der Waals surface area contributed by atoms with E-state index in [1.54, 1.807) is 24.3 Å². The molecule has 3 rings (SSSR count). The van der Waals surface area contributed by atoms with Crippen LogP contribution in [-0.2, 0) is 20.9 Å². The van der Waals surface area contributed by atoms with Crippen molar-refractivity contribution in [1.82, 2.24) is 10.2 Å². The van der Waals surface area contributed by atoms with Crippen LogP contribution in [0.4, 0.5) is 0 Å². The Hall–Kier alpha value is -1.67. The number of amides is 2. The molecule has 2 N–H and O–H groups in total. The van der Waals surface area contributed by atoms with E-state index in [9.17, 15) is 24.6 Å². The van der Waals surface area contributed by atoms with Gasteiger partial charge in [0.25, 0.3) is 0 Å². The topological polar surface area (TPSA) is 110 Å². The van der Waals surface area contributed by atoms with Crippen molar-refractivity contribution in [2.24, 2.45) is 5.92 Å². The van der Waals surface area contributed by atoms with Crippen molar-refractivity contribution in [2.75, 3.05) is 0 Å². The van der Waals surface area contributed by atoms with E-state index >= 15 is 0 Å². The van der Waals surface area contributed by atoms with Gasteiger partial charge in [0.1, 0.15) is 0 Å². The van der Waals surface area contributed by atoms with E-state index in [1.165, 1.54) is 11.8 Å². The van der Waals surface area contributed by atoms with Crippen LogP contribution < -0.4 is 40.0 Å². The van der Waals surface area contributed by atoms with Crippen LogP contribution in [-0.4, -0.2) is 40.4 Å². The maximum absolute atomic E-state index is 12.1. The van der Waals surface area contributed by atoms with E-state index in [1.807, 2.05) is 0 Å². The Morgan fingerprint density at radius 1 is 1.44 bits per heavy atom. The summed E-state index contributed by atoms with van der Waals surface area (Å²) in [5.74, 6) is -2.35. The number of carboxylic acid groups (broad SMARTS) is 1. The number of hydrogen-bond acceptors (Lipinski definition) is 5. The van der Waals surface area contributed by atoms with Gasteiger partial charge in [-0.1, -0.05) is 24.3 Å². The Balaban J connectivity index is 0.00000225. The van der Waals surface area contributed by atoms with Crippen molar-refractivity contribution in [3.63, 3.8) is 0 Å². The molecule has 3 atom stereocenters. The largest absolute Gasteiger partial charge is 1.00 e. The summed E-state index contributed by atoms with van der Waals surface area (Å²) in [6.45, 7) is 1.92. The molecule has 0 aromatic heterocycles. The van der Waals surface area contributed by atoms with Crippen LogP contribution in [0.1, 0.15) is 24.5 Å². The molecule has 0 radical (unpaired) electrons. The first-order valence-corrected chi connectivity index (χ1v) is 7.67. The van der Waals surface area contributed by atoms with Gasteiger partial charge in [-0.3, -0.25) is 9.59 Å². The predicted molar refractivity (Wildman–Crippen MR) is 81.7 cm³/mol. The number of carbonyl (C=O) groups is 3. The molecule has 2 heterocycles. The smallest absolute Gasteiger partial charge is 0.543 e. The van der Waals surface area contributed by atoms with Gasteiger partial charge in [0.2, 0.25) is 12.3 Å². The molecule has 1 fully saturated rings. The molecule has 2 aliphatic heterocycles. The summed E-state index contributed by atoms with van der Waals surface area (Å²) in [5, 5.41) is 23.8. The number of aliphatic hydroxyl groups is 1. The first-order chi connectivity index (χ1) is 11.5. The molecule has 1 aromatic carbocycles. The number of rotatable bonds is 6. The number of β-lactam (4-membered cyclic amide) rings is 1. The van der Waals surface area contributed by atoms with Gasteiger partial charge in [0, 0.05) is 6.54 Å². The Morgan fingerprint density at radius 3 is 2.60 bits per heavy atom. The third-order valence-corrected chi connectivity index (χ3v) is 4.61. The molecule has 1 aromatic rings. The fourth-order valence-electron chi connectivity index (χ4n) is 3.50. The molecule has 2 aliphatic rings. The van der Waals surface area contributed by atoms with Gasteiger partial charge < -0.3 is 25.2 Å². The van der Waals surface area contributed by atoms with Gasteiger partial charge in [-0.25, -0.2) is 0 Å². The summed E-state index contributed by atoms with van der Waals surface area (Å²) in [4.78, 5) is 35.2. The number of nitrogens with one attached hydrogen (secondary N) is 1. The Bertz CT molecular complexity index is 729. The molecular formula is C17H17N2NaO5. The van der Waals surface area contributed by atoms with Crippen LogP contribution in [0.25, 0.3) is 5.57 Å². The van der Waals surface area contributed by atoms with Gasteiger partial charge in [0.15, 0.2) is 0 Å². The summed E-state index contributed by atoms with van der Waals surface area (Å²) in [6, 6.07) is 6.75. The SMILES string of the molecule is C[C@@H](O)[C@H]1C(=O)N2C(C(=O)[O-])=C(c3ccc(CNC=O)cc3)C[C@H]12.[Na+]. The van der Waals surface area contributed by atoms with Crippen LogP contribution in [0.5, 0.6) is 0 Å². The number of carbonyl (C=O) groups excluding carboxylic acids is 3. The molecule has 0 aliphatic carbocycles. The maximum atomic E-state index is 12.1. The molecule has 25 heavy (non-hydrogen) atoms. The molecule has 1 saturated heterocycles. The van der Waals surface area contributed by atoms with E-state index in [-0.39, 0.29) is 47.2 Å². The standard InChI is InChI=1S/C17H18N2O5.Na/c1-9(21)14-13-6-12(15(17(23)24)19(13)16(14)22)11-4-2-10(3-5-11)7-18-8-20;/h2-5,8-9,13-14,21H,6-7H2,1H3,(H,18,20)(H,23,24);/q;+1/p-1/t9-,13-,14-;/m1./s1. The zero-order valence-corrected chi connectivity index (χ0v) is 16.1. The number of benzene rings is 1. The molecule has 8 heteroatoms. The summed E-state index contributed by atoms with van der Waals surface area (Å²) in [6.07, 6.45) is 0.156. The van der Waals surface area contributed by atoms with Crippen molar-refractivity contribution >= 4 is 23.9 Å². The summed E-state index contributed by atoms with van der Waals surface area (Å²) >= 11 is 0. The molecule has 0 bridgehead atoms.